The molecule has 8 rings (SSSR count). The van der Waals surface area contributed by atoms with E-state index in [0.717, 1.165) is 49.1 Å². The van der Waals surface area contributed by atoms with Crippen LogP contribution in [-0.2, 0) is 11.2 Å². The molecule has 174 valence electrons. The van der Waals surface area contributed by atoms with Gasteiger partial charge in [0.1, 0.15) is 27.9 Å². The topological polar surface area (TPSA) is 73.9 Å². The van der Waals surface area contributed by atoms with Crippen LogP contribution in [0.25, 0.3) is 21.3 Å². The van der Waals surface area contributed by atoms with Gasteiger partial charge in [-0.2, -0.15) is 0 Å². The van der Waals surface area contributed by atoms with Gasteiger partial charge in [-0.25, -0.2) is 0 Å². The van der Waals surface area contributed by atoms with Gasteiger partial charge in [0.2, 0.25) is 0 Å². The lowest BCUT2D eigenvalue weighted by molar-refractivity contribution is 0.168. The average molecular weight is 507 g/mol. The van der Waals surface area contributed by atoms with E-state index in [1.807, 2.05) is 66.8 Å². The summed E-state index contributed by atoms with van der Waals surface area (Å²) in [5.74, 6) is 1.50. The van der Waals surface area contributed by atoms with E-state index in [0.29, 0.717) is 6.42 Å². The Morgan fingerprint density at radius 3 is 2.53 bits per heavy atom. The third kappa shape index (κ3) is 2.85. The summed E-state index contributed by atoms with van der Waals surface area (Å²) in [7, 11) is 0. The Balaban J connectivity index is 1.41. The van der Waals surface area contributed by atoms with E-state index >= 15 is 0 Å². The number of pyridine rings is 4. The molecule has 2 aliphatic rings. The maximum atomic E-state index is 6.72. The second-order valence-corrected chi connectivity index (χ2v) is 11.4. The van der Waals surface area contributed by atoms with Gasteiger partial charge >= 0.3 is 0 Å². The lowest BCUT2D eigenvalue weighted by atomic mass is 9.80. The monoisotopic (exact) mass is 506 g/mol. The zero-order valence-electron chi connectivity index (χ0n) is 18.9. The molecule has 6 aromatic heterocycles. The molecule has 0 bridgehead atoms. The largest absolute Gasteiger partial charge is 0.486 e. The molecule has 0 saturated carbocycles. The molecule has 0 aromatic carbocycles. The standard InChI is InChI=1S/C28H18N4O2S2/c1-5-19-16(29-9-1)13-21(33-19)26-27-23(8-4-12-32-27)36-28(26,24-14-17-20(34-24)6-2-10-30-17)25-15-18-22(35-25)7-3-11-31-18/h1-13,15,24,26H,14H2. The predicted molar refractivity (Wildman–Crippen MR) is 140 cm³/mol. The van der Waals surface area contributed by atoms with Crippen LogP contribution in [-0.4, -0.2) is 26.0 Å². The molecule has 0 fully saturated rings. The molecule has 8 heterocycles. The smallest absolute Gasteiger partial charge is 0.152 e. The summed E-state index contributed by atoms with van der Waals surface area (Å²) < 4.78 is 13.8. The number of hydrogen-bond donors (Lipinski definition) is 0. The average Bonchev–Trinajstić information content (AvgIpc) is 3.69. The highest BCUT2D eigenvalue weighted by Gasteiger charge is 2.59. The van der Waals surface area contributed by atoms with Crippen molar-refractivity contribution in [3.63, 3.8) is 0 Å². The Kier molecular flexibility index (Phi) is 4.33. The Bertz CT molecular complexity index is 1690. The van der Waals surface area contributed by atoms with E-state index in [9.17, 15) is 0 Å². The van der Waals surface area contributed by atoms with E-state index in [4.69, 9.17) is 14.1 Å². The van der Waals surface area contributed by atoms with Gasteiger partial charge in [0.05, 0.1) is 27.5 Å². The Labute approximate surface area is 214 Å². The van der Waals surface area contributed by atoms with E-state index in [1.54, 1.807) is 17.5 Å². The van der Waals surface area contributed by atoms with Crippen LogP contribution >= 0.6 is 23.1 Å². The molecule has 3 unspecified atom stereocenters. The van der Waals surface area contributed by atoms with Gasteiger partial charge < -0.3 is 9.15 Å². The van der Waals surface area contributed by atoms with E-state index in [1.165, 1.54) is 4.88 Å². The molecule has 0 radical (unpaired) electrons. The summed E-state index contributed by atoms with van der Waals surface area (Å²) in [5.41, 5.74) is 4.58. The van der Waals surface area contributed by atoms with Gasteiger partial charge in [0.25, 0.3) is 0 Å². The Morgan fingerprint density at radius 2 is 1.64 bits per heavy atom. The van der Waals surface area contributed by atoms with Crippen LogP contribution in [0.4, 0.5) is 0 Å². The summed E-state index contributed by atoms with van der Waals surface area (Å²) in [6, 6.07) is 20.3. The number of nitrogens with zero attached hydrogens (tertiary/aromatic N) is 4. The van der Waals surface area contributed by atoms with Crippen molar-refractivity contribution in [1.82, 2.24) is 19.9 Å². The maximum absolute atomic E-state index is 6.72. The molecule has 36 heavy (non-hydrogen) atoms. The van der Waals surface area contributed by atoms with E-state index in [-0.39, 0.29) is 12.0 Å². The number of thiophene rings is 1. The zero-order chi connectivity index (χ0) is 23.7. The van der Waals surface area contributed by atoms with Gasteiger partial charge in [-0.05, 0) is 54.6 Å². The van der Waals surface area contributed by atoms with Crippen molar-refractivity contribution in [3.8, 4) is 5.75 Å². The minimum absolute atomic E-state index is 0.180. The number of fused-ring (bicyclic) bond motifs is 4. The minimum Gasteiger partial charge on any atom is -0.486 e. The van der Waals surface area contributed by atoms with Crippen molar-refractivity contribution in [3.05, 3.63) is 107 Å². The van der Waals surface area contributed by atoms with Gasteiger partial charge in [0.15, 0.2) is 5.58 Å². The molecular weight excluding hydrogens is 488 g/mol. The third-order valence-electron chi connectivity index (χ3n) is 7.02. The van der Waals surface area contributed by atoms with Crippen LogP contribution in [0, 0.1) is 0 Å². The molecule has 6 aromatic rings. The van der Waals surface area contributed by atoms with Crippen LogP contribution in [0.15, 0.2) is 94.8 Å². The molecule has 0 saturated heterocycles. The normalized spacial score (nSPS) is 22.6. The summed E-state index contributed by atoms with van der Waals surface area (Å²) >= 11 is 3.59. The number of hydrogen-bond acceptors (Lipinski definition) is 8. The lowest BCUT2D eigenvalue weighted by Gasteiger charge is -2.37. The van der Waals surface area contributed by atoms with Crippen LogP contribution < -0.4 is 4.74 Å². The fourth-order valence-electron chi connectivity index (χ4n) is 5.49. The van der Waals surface area contributed by atoms with E-state index < -0.39 is 4.75 Å². The minimum atomic E-state index is -0.531. The quantitative estimate of drug-likeness (QED) is 0.276. The molecule has 2 aliphatic heterocycles. The number of thioether (sulfide) groups is 1. The molecule has 0 N–H and O–H groups in total. The number of furan rings is 1. The molecular formula is C28H18N4O2S2. The lowest BCUT2D eigenvalue weighted by Crippen LogP contribution is -2.42. The Morgan fingerprint density at radius 1 is 0.833 bits per heavy atom. The Hall–Kier alpha value is -3.75. The summed E-state index contributed by atoms with van der Waals surface area (Å²) in [5, 5.41) is 0. The van der Waals surface area contributed by atoms with Gasteiger partial charge in [-0.15, -0.1) is 23.1 Å². The molecule has 0 aliphatic carbocycles. The summed E-state index contributed by atoms with van der Waals surface area (Å²) in [4.78, 5) is 21.1. The van der Waals surface area contributed by atoms with E-state index in [2.05, 4.69) is 39.2 Å². The highest BCUT2D eigenvalue weighted by Crippen LogP contribution is 2.65. The highest BCUT2D eigenvalue weighted by atomic mass is 32.2. The SMILES string of the molecule is c1cnc2c(c1)OC(C1(c3cc4ncccc4s3)Sc3cccnc3C1c1cc3ncccc3o1)C2. The van der Waals surface area contributed by atoms with Crippen LogP contribution in [0.3, 0.4) is 0 Å². The molecule has 0 spiro atoms. The molecule has 3 atom stereocenters. The molecule has 6 nitrogen and oxygen atoms in total. The van der Waals surface area contributed by atoms with Crippen molar-refractivity contribution < 1.29 is 9.15 Å². The first-order valence-electron chi connectivity index (χ1n) is 11.7. The summed E-state index contributed by atoms with van der Waals surface area (Å²) in [6.45, 7) is 0. The number of rotatable bonds is 3. The fourth-order valence-corrected chi connectivity index (χ4v) is 8.47. The van der Waals surface area contributed by atoms with Crippen molar-refractivity contribution >= 4 is 44.4 Å². The van der Waals surface area contributed by atoms with Crippen molar-refractivity contribution in [2.45, 2.75) is 28.1 Å². The van der Waals surface area contributed by atoms with Crippen LogP contribution in [0.1, 0.15) is 27.9 Å². The first kappa shape index (κ1) is 20.4. The second-order valence-electron chi connectivity index (χ2n) is 9.01. The van der Waals surface area contributed by atoms with Crippen molar-refractivity contribution in [1.29, 1.82) is 0 Å². The molecule has 8 heteroatoms. The van der Waals surface area contributed by atoms with Gasteiger partial charge in [-0.3, -0.25) is 19.9 Å². The van der Waals surface area contributed by atoms with Crippen LogP contribution in [0.2, 0.25) is 0 Å². The second kappa shape index (κ2) is 7.62. The van der Waals surface area contributed by atoms with Crippen LogP contribution in [0.5, 0.6) is 5.75 Å². The van der Waals surface area contributed by atoms with Crippen molar-refractivity contribution in [2.24, 2.45) is 0 Å². The first-order valence-corrected chi connectivity index (χ1v) is 13.4. The molecule has 0 amide bonds. The zero-order valence-corrected chi connectivity index (χ0v) is 20.5. The van der Waals surface area contributed by atoms with Crippen molar-refractivity contribution in [2.75, 3.05) is 0 Å². The maximum Gasteiger partial charge on any atom is 0.152 e. The van der Waals surface area contributed by atoms with Gasteiger partial charge in [0, 0.05) is 47.0 Å². The number of aromatic nitrogens is 4. The third-order valence-corrected chi connectivity index (χ3v) is 10.0. The first-order chi connectivity index (χ1) is 17.8. The number of ether oxygens (including phenoxy) is 1. The van der Waals surface area contributed by atoms with Gasteiger partial charge in [-0.1, -0.05) is 0 Å². The highest BCUT2D eigenvalue weighted by molar-refractivity contribution is 8.00. The fraction of sp³-hybridized carbons (Fsp3) is 0.143. The predicted octanol–water partition coefficient (Wildman–Crippen LogP) is 6.36. The summed E-state index contributed by atoms with van der Waals surface area (Å²) in [6.07, 6.45) is 7.86.